The standard InChI is InChI=1S/C13H18BF2NO3S/c1-12(2)13(3,4)20-14(19-12)8-6-10(16)11(7-9(8)15)21(5,17)18/h6-7,17H,1-5H3. The van der Waals surface area contributed by atoms with Gasteiger partial charge in [-0.3, -0.25) is 0 Å². The maximum atomic E-state index is 14.2. The lowest BCUT2D eigenvalue weighted by Crippen LogP contribution is -2.41. The maximum Gasteiger partial charge on any atom is 0.497 e. The molecule has 2 rings (SSSR count). The summed E-state index contributed by atoms with van der Waals surface area (Å²) in [7, 11) is -4.38. The molecule has 1 unspecified atom stereocenters. The molecule has 1 atom stereocenters. The van der Waals surface area contributed by atoms with Crippen molar-refractivity contribution in [3.63, 3.8) is 0 Å². The number of rotatable bonds is 2. The summed E-state index contributed by atoms with van der Waals surface area (Å²) in [6.45, 7) is 7.22. The van der Waals surface area contributed by atoms with E-state index in [1.165, 1.54) is 0 Å². The van der Waals surface area contributed by atoms with Crippen LogP contribution < -0.4 is 5.46 Å². The van der Waals surface area contributed by atoms with E-state index in [-0.39, 0.29) is 5.46 Å². The van der Waals surface area contributed by atoms with Gasteiger partial charge < -0.3 is 9.31 Å². The monoisotopic (exact) mass is 317 g/mol. The van der Waals surface area contributed by atoms with Gasteiger partial charge in [0.1, 0.15) is 11.6 Å². The molecule has 0 amide bonds. The predicted molar refractivity (Wildman–Crippen MR) is 77.1 cm³/mol. The van der Waals surface area contributed by atoms with Crippen molar-refractivity contribution in [1.82, 2.24) is 0 Å². The first-order valence-corrected chi connectivity index (χ1v) is 8.40. The van der Waals surface area contributed by atoms with Gasteiger partial charge in [0.15, 0.2) is 0 Å². The fraction of sp³-hybridized carbons (Fsp3) is 0.538. The van der Waals surface area contributed by atoms with Crippen molar-refractivity contribution in [3.05, 3.63) is 23.8 Å². The molecule has 4 nitrogen and oxygen atoms in total. The highest BCUT2D eigenvalue weighted by molar-refractivity contribution is 7.91. The van der Waals surface area contributed by atoms with Gasteiger partial charge in [-0.15, -0.1) is 0 Å². The molecule has 1 heterocycles. The molecule has 0 bridgehead atoms. The molecule has 0 saturated carbocycles. The lowest BCUT2D eigenvalue weighted by atomic mass is 9.78. The van der Waals surface area contributed by atoms with Crippen LogP contribution in [0.1, 0.15) is 27.7 Å². The van der Waals surface area contributed by atoms with Crippen LogP contribution in [0.5, 0.6) is 0 Å². The van der Waals surface area contributed by atoms with Gasteiger partial charge in [0, 0.05) is 11.7 Å². The van der Waals surface area contributed by atoms with Gasteiger partial charge in [-0.2, -0.15) is 0 Å². The normalized spacial score (nSPS) is 23.1. The molecule has 0 radical (unpaired) electrons. The van der Waals surface area contributed by atoms with Gasteiger partial charge in [-0.25, -0.2) is 17.8 Å². The highest BCUT2D eigenvalue weighted by Crippen LogP contribution is 2.36. The van der Waals surface area contributed by atoms with Crippen molar-refractivity contribution in [2.45, 2.75) is 43.8 Å². The zero-order valence-corrected chi connectivity index (χ0v) is 13.4. The zero-order chi connectivity index (χ0) is 16.2. The lowest BCUT2D eigenvalue weighted by molar-refractivity contribution is 0.00578. The van der Waals surface area contributed by atoms with Gasteiger partial charge >= 0.3 is 7.12 Å². The number of benzene rings is 1. The van der Waals surface area contributed by atoms with Gasteiger partial charge in [-0.05, 0) is 39.8 Å². The molecule has 1 saturated heterocycles. The smallest absolute Gasteiger partial charge is 0.399 e. The Balaban J connectivity index is 2.47. The first kappa shape index (κ1) is 16.4. The van der Waals surface area contributed by atoms with Crippen molar-refractivity contribution >= 4 is 22.3 Å². The molecule has 1 N–H and O–H groups in total. The Bertz CT molecular complexity index is 673. The Hall–Kier alpha value is -0.985. The summed E-state index contributed by atoms with van der Waals surface area (Å²) < 4.78 is 58.5. The van der Waals surface area contributed by atoms with Crippen LogP contribution >= 0.6 is 0 Å². The second-order valence-corrected chi connectivity index (χ2v) is 8.36. The molecule has 8 heteroatoms. The van der Waals surface area contributed by atoms with Crippen LogP contribution in [-0.2, 0) is 19.0 Å². The highest BCUT2D eigenvalue weighted by Gasteiger charge is 2.52. The second-order valence-electron chi connectivity index (χ2n) is 6.24. The molecule has 21 heavy (non-hydrogen) atoms. The Morgan fingerprint density at radius 3 is 2.00 bits per heavy atom. The molecular formula is C13H18BF2NO3S. The summed E-state index contributed by atoms with van der Waals surface area (Å²) in [5.74, 6) is -1.70. The van der Waals surface area contributed by atoms with Crippen LogP contribution in [-0.4, -0.2) is 28.8 Å². The van der Waals surface area contributed by atoms with E-state index in [0.29, 0.717) is 0 Å². The first-order chi connectivity index (χ1) is 9.35. The summed E-state index contributed by atoms with van der Waals surface area (Å²) >= 11 is 0. The Labute approximate surface area is 123 Å². The minimum absolute atomic E-state index is 0.0986. The minimum atomic E-state index is -3.34. The van der Waals surface area contributed by atoms with Crippen LogP contribution in [0, 0.1) is 16.4 Å². The fourth-order valence-corrected chi connectivity index (χ4v) is 2.75. The first-order valence-electron chi connectivity index (χ1n) is 6.43. The topological polar surface area (TPSA) is 59.4 Å². The van der Waals surface area contributed by atoms with Crippen molar-refractivity contribution in [1.29, 1.82) is 4.78 Å². The number of hydrogen-bond donors (Lipinski definition) is 1. The van der Waals surface area contributed by atoms with Crippen LogP contribution in [0.25, 0.3) is 0 Å². The SMILES string of the molecule is CC1(C)OB(c2cc(F)c(S(C)(=N)=O)cc2F)OC1(C)C. The van der Waals surface area contributed by atoms with Crippen molar-refractivity contribution in [3.8, 4) is 0 Å². The van der Waals surface area contributed by atoms with Crippen LogP contribution in [0.2, 0.25) is 0 Å². The van der Waals surface area contributed by atoms with E-state index in [2.05, 4.69) is 0 Å². The number of nitrogens with one attached hydrogen (secondary N) is 1. The van der Waals surface area contributed by atoms with Crippen LogP contribution in [0.4, 0.5) is 8.78 Å². The summed E-state index contributed by atoms with van der Waals surface area (Å²) in [5, 5.41) is 0. The van der Waals surface area contributed by atoms with Gasteiger partial charge in [0.2, 0.25) is 0 Å². The average molecular weight is 317 g/mol. The average Bonchev–Trinajstić information content (AvgIpc) is 2.49. The maximum absolute atomic E-state index is 14.2. The molecular weight excluding hydrogens is 299 g/mol. The Morgan fingerprint density at radius 2 is 1.57 bits per heavy atom. The Morgan fingerprint density at radius 1 is 1.10 bits per heavy atom. The highest BCUT2D eigenvalue weighted by atomic mass is 32.2. The summed E-state index contributed by atoms with van der Waals surface area (Å²) in [6, 6.07) is 1.68. The molecule has 0 aliphatic carbocycles. The van der Waals surface area contributed by atoms with E-state index < -0.39 is 44.6 Å². The molecule has 1 aliphatic heterocycles. The second kappa shape index (κ2) is 4.76. The van der Waals surface area contributed by atoms with E-state index in [4.69, 9.17) is 14.1 Å². The van der Waals surface area contributed by atoms with E-state index in [1.807, 2.05) is 0 Å². The molecule has 0 spiro atoms. The molecule has 0 aromatic heterocycles. The van der Waals surface area contributed by atoms with E-state index >= 15 is 0 Å². The van der Waals surface area contributed by atoms with E-state index in [0.717, 1.165) is 18.4 Å². The third kappa shape index (κ3) is 2.84. The van der Waals surface area contributed by atoms with Crippen molar-refractivity contribution < 1.29 is 22.3 Å². The third-order valence-electron chi connectivity index (χ3n) is 3.98. The van der Waals surface area contributed by atoms with Crippen LogP contribution in [0.3, 0.4) is 0 Å². The third-order valence-corrected chi connectivity index (χ3v) is 5.13. The fourth-order valence-electron chi connectivity index (χ4n) is 1.99. The molecule has 1 aromatic carbocycles. The summed E-state index contributed by atoms with van der Waals surface area (Å²) in [4.78, 5) is -0.458. The molecule has 1 fully saturated rings. The number of halogens is 2. The molecule has 1 aromatic rings. The summed E-state index contributed by atoms with van der Waals surface area (Å²) in [5.41, 5.74) is -1.45. The minimum Gasteiger partial charge on any atom is -0.399 e. The van der Waals surface area contributed by atoms with E-state index in [9.17, 15) is 13.0 Å². The quantitative estimate of drug-likeness (QED) is 0.852. The van der Waals surface area contributed by atoms with Gasteiger partial charge in [0.05, 0.1) is 25.8 Å². The number of hydrogen-bond acceptors (Lipinski definition) is 4. The van der Waals surface area contributed by atoms with Crippen molar-refractivity contribution in [2.75, 3.05) is 6.26 Å². The largest absolute Gasteiger partial charge is 0.497 e. The zero-order valence-electron chi connectivity index (χ0n) is 12.6. The molecule has 1 aliphatic rings. The van der Waals surface area contributed by atoms with Crippen LogP contribution in [0.15, 0.2) is 17.0 Å². The summed E-state index contributed by atoms with van der Waals surface area (Å²) in [6.07, 6.45) is 1.04. The molecule has 116 valence electrons. The Kier molecular flexibility index (Phi) is 3.71. The predicted octanol–water partition coefficient (Wildman–Crippen LogP) is 2.30. The lowest BCUT2D eigenvalue weighted by Gasteiger charge is -2.32. The van der Waals surface area contributed by atoms with Gasteiger partial charge in [-0.1, -0.05) is 0 Å². The van der Waals surface area contributed by atoms with E-state index in [1.54, 1.807) is 27.7 Å². The van der Waals surface area contributed by atoms with Gasteiger partial charge in [0.25, 0.3) is 0 Å². The van der Waals surface area contributed by atoms with Crippen molar-refractivity contribution in [2.24, 2.45) is 0 Å².